The van der Waals surface area contributed by atoms with Gasteiger partial charge in [-0.05, 0) is 40.1 Å². The van der Waals surface area contributed by atoms with Gasteiger partial charge in [0.25, 0.3) is 0 Å². The lowest BCUT2D eigenvalue weighted by molar-refractivity contribution is 0.0978. The fourth-order valence-corrected chi connectivity index (χ4v) is 3.95. The molecule has 0 aromatic heterocycles. The third-order valence-corrected chi connectivity index (χ3v) is 4.84. The Morgan fingerprint density at radius 1 is 0.850 bits per heavy atom. The van der Waals surface area contributed by atoms with Crippen LogP contribution in [0.5, 0.6) is 0 Å². The third kappa shape index (κ3) is 1.84. The molecule has 0 fully saturated rings. The fraction of sp³-hybridized carbons (Fsp3) is 0.176. The first kappa shape index (κ1) is 13.5. The van der Waals surface area contributed by atoms with E-state index in [2.05, 4.69) is 36.4 Å². The summed E-state index contributed by atoms with van der Waals surface area (Å²) in [5.41, 5.74) is 3.25. The van der Waals surface area contributed by atoms with Crippen molar-refractivity contribution in [3.8, 4) is 0 Å². The molecule has 0 amide bonds. The SMILES string of the molecule is CC(C)c1ccc2c(c1I)C(=O)c1ccccc1C2=O. The number of carbonyl (C=O) groups is 2. The largest absolute Gasteiger partial charge is 0.289 e. The monoisotopic (exact) mass is 376 g/mol. The maximum absolute atomic E-state index is 12.7. The summed E-state index contributed by atoms with van der Waals surface area (Å²) in [6, 6.07) is 10.8. The van der Waals surface area contributed by atoms with Gasteiger partial charge in [0.2, 0.25) is 0 Å². The minimum atomic E-state index is -0.0524. The van der Waals surface area contributed by atoms with E-state index in [1.165, 1.54) is 0 Å². The predicted octanol–water partition coefficient (Wildman–Crippen LogP) is 4.19. The molecule has 0 bridgehead atoms. The topological polar surface area (TPSA) is 34.1 Å². The zero-order valence-electron chi connectivity index (χ0n) is 11.2. The molecule has 0 heterocycles. The second kappa shape index (κ2) is 4.81. The summed E-state index contributed by atoms with van der Waals surface area (Å²) in [6.07, 6.45) is 0. The standard InChI is InChI=1S/C17H13IO2/c1-9(2)10-7-8-13-14(15(10)18)17(20)12-6-4-3-5-11(12)16(13)19/h3-9H,1-2H3. The minimum Gasteiger partial charge on any atom is -0.289 e. The van der Waals surface area contributed by atoms with Gasteiger partial charge in [0.1, 0.15) is 0 Å². The Balaban J connectivity index is 2.31. The molecule has 1 aliphatic rings. The van der Waals surface area contributed by atoms with Crippen LogP contribution < -0.4 is 0 Å². The van der Waals surface area contributed by atoms with E-state index in [9.17, 15) is 9.59 Å². The van der Waals surface area contributed by atoms with Gasteiger partial charge in [-0.25, -0.2) is 0 Å². The molecule has 0 aliphatic heterocycles. The minimum absolute atomic E-state index is 0.0397. The van der Waals surface area contributed by atoms with Crippen molar-refractivity contribution in [2.45, 2.75) is 19.8 Å². The first-order valence-electron chi connectivity index (χ1n) is 6.53. The Kier molecular flexibility index (Phi) is 3.24. The van der Waals surface area contributed by atoms with Gasteiger partial charge in [-0.15, -0.1) is 0 Å². The van der Waals surface area contributed by atoms with E-state index in [4.69, 9.17) is 0 Å². The highest BCUT2D eigenvalue weighted by Gasteiger charge is 2.31. The quantitative estimate of drug-likeness (QED) is 0.597. The molecular formula is C17H13IO2. The summed E-state index contributed by atoms with van der Waals surface area (Å²) in [6.45, 7) is 4.18. The smallest absolute Gasteiger partial charge is 0.195 e. The zero-order valence-corrected chi connectivity index (χ0v) is 13.4. The maximum atomic E-state index is 12.7. The molecule has 0 atom stereocenters. The lowest BCUT2D eigenvalue weighted by Gasteiger charge is -2.21. The van der Waals surface area contributed by atoms with Crippen LogP contribution in [0, 0.1) is 3.57 Å². The van der Waals surface area contributed by atoms with E-state index in [1.807, 2.05) is 6.07 Å². The van der Waals surface area contributed by atoms with E-state index < -0.39 is 0 Å². The number of ketones is 2. The third-order valence-electron chi connectivity index (χ3n) is 3.68. The van der Waals surface area contributed by atoms with Crippen LogP contribution in [0.15, 0.2) is 36.4 Å². The number of hydrogen-bond acceptors (Lipinski definition) is 2. The van der Waals surface area contributed by atoms with Crippen molar-refractivity contribution in [1.29, 1.82) is 0 Å². The van der Waals surface area contributed by atoms with Crippen molar-refractivity contribution in [1.82, 2.24) is 0 Å². The average molecular weight is 376 g/mol. The van der Waals surface area contributed by atoms with E-state index in [1.54, 1.807) is 30.3 Å². The number of hydrogen-bond donors (Lipinski definition) is 0. The number of fused-ring (bicyclic) bond motifs is 2. The number of carbonyl (C=O) groups excluding carboxylic acids is 2. The van der Waals surface area contributed by atoms with Crippen molar-refractivity contribution in [3.63, 3.8) is 0 Å². The maximum Gasteiger partial charge on any atom is 0.195 e. The molecule has 3 rings (SSSR count). The van der Waals surface area contributed by atoms with Crippen molar-refractivity contribution in [3.05, 3.63) is 67.8 Å². The molecule has 0 radical (unpaired) electrons. The Hall–Kier alpha value is -1.49. The Morgan fingerprint density at radius 3 is 2.05 bits per heavy atom. The van der Waals surface area contributed by atoms with Crippen LogP contribution in [0.2, 0.25) is 0 Å². The highest BCUT2D eigenvalue weighted by atomic mass is 127. The van der Waals surface area contributed by atoms with Crippen LogP contribution in [0.3, 0.4) is 0 Å². The molecule has 3 heteroatoms. The summed E-state index contributed by atoms with van der Waals surface area (Å²) in [5.74, 6) is 0.234. The molecule has 20 heavy (non-hydrogen) atoms. The second-order valence-electron chi connectivity index (χ2n) is 5.25. The summed E-state index contributed by atoms with van der Waals surface area (Å²) in [4.78, 5) is 25.2. The molecule has 2 aromatic rings. The summed E-state index contributed by atoms with van der Waals surface area (Å²) >= 11 is 2.19. The highest BCUT2D eigenvalue weighted by molar-refractivity contribution is 14.1. The van der Waals surface area contributed by atoms with Crippen molar-refractivity contribution in [2.24, 2.45) is 0 Å². The molecule has 0 N–H and O–H groups in total. The Labute approximate surface area is 131 Å². The van der Waals surface area contributed by atoms with Gasteiger partial charge in [-0.3, -0.25) is 9.59 Å². The molecule has 2 aromatic carbocycles. The van der Waals surface area contributed by atoms with Gasteiger partial charge < -0.3 is 0 Å². The van der Waals surface area contributed by atoms with Crippen LogP contribution in [0.4, 0.5) is 0 Å². The second-order valence-corrected chi connectivity index (χ2v) is 6.33. The summed E-state index contributed by atoms with van der Waals surface area (Å²) < 4.78 is 0.906. The Bertz CT molecular complexity index is 745. The summed E-state index contributed by atoms with van der Waals surface area (Å²) in [5, 5.41) is 0. The molecular weight excluding hydrogens is 363 g/mol. The van der Waals surface area contributed by atoms with Gasteiger partial charge in [0.15, 0.2) is 11.6 Å². The average Bonchev–Trinajstić information content (AvgIpc) is 2.44. The van der Waals surface area contributed by atoms with E-state index >= 15 is 0 Å². The number of halogens is 1. The lowest BCUT2D eigenvalue weighted by Crippen LogP contribution is -2.22. The van der Waals surface area contributed by atoms with E-state index in [-0.39, 0.29) is 11.6 Å². The van der Waals surface area contributed by atoms with E-state index in [0.717, 1.165) is 9.13 Å². The van der Waals surface area contributed by atoms with Gasteiger partial charge in [0, 0.05) is 25.8 Å². The van der Waals surface area contributed by atoms with Crippen LogP contribution in [-0.4, -0.2) is 11.6 Å². The van der Waals surface area contributed by atoms with Gasteiger partial charge in [-0.2, -0.15) is 0 Å². The van der Waals surface area contributed by atoms with Crippen molar-refractivity contribution < 1.29 is 9.59 Å². The van der Waals surface area contributed by atoms with E-state index in [0.29, 0.717) is 28.2 Å². The van der Waals surface area contributed by atoms with Gasteiger partial charge >= 0.3 is 0 Å². The van der Waals surface area contributed by atoms with Gasteiger partial charge in [-0.1, -0.05) is 44.2 Å². The van der Waals surface area contributed by atoms with Crippen LogP contribution in [0.1, 0.15) is 57.2 Å². The normalized spacial score (nSPS) is 13.4. The zero-order chi connectivity index (χ0) is 14.4. The Morgan fingerprint density at radius 2 is 1.45 bits per heavy atom. The molecule has 100 valence electrons. The van der Waals surface area contributed by atoms with Crippen LogP contribution in [-0.2, 0) is 0 Å². The molecule has 0 saturated carbocycles. The lowest BCUT2D eigenvalue weighted by atomic mass is 9.82. The van der Waals surface area contributed by atoms with Crippen LogP contribution >= 0.6 is 22.6 Å². The van der Waals surface area contributed by atoms with Gasteiger partial charge in [0.05, 0.1) is 0 Å². The molecule has 1 aliphatic carbocycles. The fourth-order valence-electron chi connectivity index (χ4n) is 2.61. The molecule has 2 nitrogen and oxygen atoms in total. The highest BCUT2D eigenvalue weighted by Crippen LogP contribution is 2.34. The first-order valence-corrected chi connectivity index (χ1v) is 7.61. The van der Waals surface area contributed by atoms with Crippen molar-refractivity contribution >= 4 is 34.2 Å². The number of rotatable bonds is 1. The molecule has 0 spiro atoms. The number of benzene rings is 2. The summed E-state index contributed by atoms with van der Waals surface area (Å²) in [7, 11) is 0. The van der Waals surface area contributed by atoms with Crippen molar-refractivity contribution in [2.75, 3.05) is 0 Å². The predicted molar refractivity (Wildman–Crippen MR) is 86.6 cm³/mol. The van der Waals surface area contributed by atoms with Crippen LogP contribution in [0.25, 0.3) is 0 Å². The first-order chi connectivity index (χ1) is 9.52. The molecule has 0 saturated heterocycles. The molecule has 0 unspecified atom stereocenters.